The molecule has 1 atom stereocenters. The van der Waals surface area contributed by atoms with Crippen LogP contribution in [-0.2, 0) is 11.3 Å². The van der Waals surface area contributed by atoms with Gasteiger partial charge in [0.05, 0.1) is 18.3 Å². The number of nitrogen functional groups attached to an aromatic ring is 1. The van der Waals surface area contributed by atoms with E-state index >= 15 is 0 Å². The molecule has 0 unspecified atom stereocenters. The molecule has 1 aliphatic rings. The molecule has 4 heteroatoms. The van der Waals surface area contributed by atoms with Crippen LogP contribution in [0.15, 0.2) is 60.7 Å². The highest BCUT2D eigenvalue weighted by Crippen LogP contribution is 2.40. The number of rotatable bonds is 4. The lowest BCUT2D eigenvalue weighted by Gasteiger charge is -2.17. The Kier molecular flexibility index (Phi) is 4.47. The molecule has 1 fully saturated rings. The maximum atomic E-state index is 9.83. The minimum absolute atomic E-state index is 0.141. The molecular formula is C22H21N3O. The molecular weight excluding hydrogens is 322 g/mol. The predicted molar refractivity (Wildman–Crippen MR) is 103 cm³/mol. The second kappa shape index (κ2) is 7.07. The molecule has 130 valence electrons. The van der Waals surface area contributed by atoms with E-state index in [9.17, 15) is 5.26 Å². The fourth-order valence-electron chi connectivity index (χ4n) is 3.71. The molecule has 3 aromatic rings. The summed E-state index contributed by atoms with van der Waals surface area (Å²) in [5, 5.41) is 9.83. The van der Waals surface area contributed by atoms with Crippen LogP contribution < -0.4 is 5.73 Å². The highest BCUT2D eigenvalue weighted by molar-refractivity contribution is 5.90. The smallest absolute Gasteiger partial charge is 0.122 e. The number of hydrogen-bond donors (Lipinski definition) is 1. The Bertz CT molecular complexity index is 933. The number of ether oxygens (including phenoxy) is 1. The monoisotopic (exact) mass is 343 g/mol. The van der Waals surface area contributed by atoms with E-state index < -0.39 is 0 Å². The maximum Gasteiger partial charge on any atom is 0.122 e. The Morgan fingerprint density at radius 1 is 1.04 bits per heavy atom. The summed E-state index contributed by atoms with van der Waals surface area (Å²) in [6.07, 6.45) is 2.24. The van der Waals surface area contributed by atoms with E-state index in [4.69, 9.17) is 10.5 Å². The van der Waals surface area contributed by atoms with Gasteiger partial charge in [0.1, 0.15) is 17.5 Å². The number of nitrogens with zero attached hydrogens (tertiary/aromatic N) is 2. The largest absolute Gasteiger partial charge is 0.384 e. The SMILES string of the molecule is N#Cc1c(-c2ccccc2)c(-c2ccccc2)n(C[C@H]2CCCO2)c1N. The quantitative estimate of drug-likeness (QED) is 0.761. The molecule has 2 heterocycles. The van der Waals surface area contributed by atoms with Crippen LogP contribution in [0.1, 0.15) is 18.4 Å². The van der Waals surface area contributed by atoms with Gasteiger partial charge in [0.15, 0.2) is 0 Å². The van der Waals surface area contributed by atoms with Crippen molar-refractivity contribution in [2.45, 2.75) is 25.5 Å². The topological polar surface area (TPSA) is 64.0 Å². The Labute approximate surface area is 153 Å². The maximum absolute atomic E-state index is 9.83. The number of anilines is 1. The summed E-state index contributed by atoms with van der Waals surface area (Å²) in [4.78, 5) is 0. The van der Waals surface area contributed by atoms with Crippen LogP contribution in [0.5, 0.6) is 0 Å². The van der Waals surface area contributed by atoms with E-state index in [1.165, 1.54) is 0 Å². The fourth-order valence-corrected chi connectivity index (χ4v) is 3.71. The predicted octanol–water partition coefficient (Wildman–Crippen LogP) is 4.45. The summed E-state index contributed by atoms with van der Waals surface area (Å²) >= 11 is 0. The summed E-state index contributed by atoms with van der Waals surface area (Å²) in [5.74, 6) is 0.515. The molecule has 0 radical (unpaired) electrons. The van der Waals surface area contributed by atoms with Crippen molar-refractivity contribution in [2.24, 2.45) is 0 Å². The van der Waals surface area contributed by atoms with Crippen molar-refractivity contribution in [3.8, 4) is 28.5 Å². The van der Waals surface area contributed by atoms with Gasteiger partial charge in [-0.2, -0.15) is 5.26 Å². The third kappa shape index (κ3) is 2.87. The number of nitrogens with two attached hydrogens (primary N) is 1. The Hall–Kier alpha value is -3.03. The van der Waals surface area contributed by atoms with Gasteiger partial charge in [-0.15, -0.1) is 0 Å². The van der Waals surface area contributed by atoms with Crippen molar-refractivity contribution in [2.75, 3.05) is 12.3 Å². The number of aromatic nitrogens is 1. The second-order valence-corrected chi connectivity index (χ2v) is 6.57. The average molecular weight is 343 g/mol. The van der Waals surface area contributed by atoms with Gasteiger partial charge < -0.3 is 15.0 Å². The zero-order chi connectivity index (χ0) is 17.9. The van der Waals surface area contributed by atoms with Crippen molar-refractivity contribution in [1.82, 2.24) is 4.57 Å². The number of nitriles is 1. The zero-order valence-electron chi connectivity index (χ0n) is 14.6. The van der Waals surface area contributed by atoms with Crippen LogP contribution in [0.25, 0.3) is 22.4 Å². The first-order valence-corrected chi connectivity index (χ1v) is 8.94. The molecule has 2 aromatic carbocycles. The third-order valence-electron chi connectivity index (χ3n) is 4.94. The normalized spacial score (nSPS) is 16.5. The van der Waals surface area contributed by atoms with Crippen molar-refractivity contribution in [3.05, 3.63) is 66.2 Å². The van der Waals surface area contributed by atoms with Crippen LogP contribution in [0.3, 0.4) is 0 Å². The van der Waals surface area contributed by atoms with Crippen LogP contribution in [-0.4, -0.2) is 17.3 Å². The first-order valence-electron chi connectivity index (χ1n) is 8.94. The molecule has 0 bridgehead atoms. The molecule has 0 amide bonds. The average Bonchev–Trinajstić information content (AvgIpc) is 3.30. The Balaban J connectivity index is 1.96. The lowest BCUT2D eigenvalue weighted by molar-refractivity contribution is 0.0979. The van der Waals surface area contributed by atoms with Gasteiger partial charge in [0, 0.05) is 12.2 Å². The highest BCUT2D eigenvalue weighted by atomic mass is 16.5. The fraction of sp³-hybridized carbons (Fsp3) is 0.227. The second-order valence-electron chi connectivity index (χ2n) is 6.57. The molecule has 0 aliphatic carbocycles. The lowest BCUT2D eigenvalue weighted by Crippen LogP contribution is -2.17. The van der Waals surface area contributed by atoms with Crippen molar-refractivity contribution < 1.29 is 4.74 Å². The zero-order valence-corrected chi connectivity index (χ0v) is 14.6. The summed E-state index contributed by atoms with van der Waals surface area (Å²) in [7, 11) is 0. The van der Waals surface area contributed by atoms with Gasteiger partial charge >= 0.3 is 0 Å². The standard InChI is InChI=1S/C22H21N3O/c23-14-19-20(16-8-3-1-4-9-16)21(17-10-5-2-6-11-17)25(22(19)24)15-18-12-7-13-26-18/h1-6,8-11,18H,7,12-13,15,24H2/t18-/m1/s1. The van der Waals surface area contributed by atoms with Gasteiger partial charge in [-0.3, -0.25) is 0 Å². The Morgan fingerprint density at radius 3 is 2.27 bits per heavy atom. The third-order valence-corrected chi connectivity index (χ3v) is 4.94. The van der Waals surface area contributed by atoms with Gasteiger partial charge in [0.2, 0.25) is 0 Å². The van der Waals surface area contributed by atoms with Crippen molar-refractivity contribution in [3.63, 3.8) is 0 Å². The first-order chi connectivity index (χ1) is 12.8. The molecule has 1 saturated heterocycles. The van der Waals surface area contributed by atoms with Gasteiger partial charge in [-0.25, -0.2) is 0 Å². The minimum Gasteiger partial charge on any atom is -0.384 e. The van der Waals surface area contributed by atoms with E-state index in [1.54, 1.807) is 0 Å². The van der Waals surface area contributed by atoms with Gasteiger partial charge in [-0.05, 0) is 24.0 Å². The van der Waals surface area contributed by atoms with Gasteiger partial charge in [-0.1, -0.05) is 60.7 Å². The highest BCUT2D eigenvalue weighted by Gasteiger charge is 2.26. The number of benzene rings is 2. The minimum atomic E-state index is 0.141. The molecule has 0 spiro atoms. The van der Waals surface area contributed by atoms with E-state index in [0.29, 0.717) is 17.9 Å². The van der Waals surface area contributed by atoms with Crippen molar-refractivity contribution in [1.29, 1.82) is 5.26 Å². The Morgan fingerprint density at radius 2 is 1.69 bits per heavy atom. The van der Waals surface area contributed by atoms with Crippen LogP contribution in [0, 0.1) is 11.3 Å². The summed E-state index contributed by atoms with van der Waals surface area (Å²) < 4.78 is 7.89. The lowest BCUT2D eigenvalue weighted by atomic mass is 9.98. The molecule has 4 nitrogen and oxygen atoms in total. The molecule has 4 rings (SSSR count). The van der Waals surface area contributed by atoms with Crippen LogP contribution in [0.2, 0.25) is 0 Å². The van der Waals surface area contributed by atoms with E-state index in [0.717, 1.165) is 41.8 Å². The molecule has 1 aliphatic heterocycles. The van der Waals surface area contributed by atoms with E-state index in [2.05, 4.69) is 22.8 Å². The van der Waals surface area contributed by atoms with Crippen LogP contribution in [0.4, 0.5) is 5.82 Å². The van der Waals surface area contributed by atoms with Crippen molar-refractivity contribution >= 4 is 5.82 Å². The van der Waals surface area contributed by atoms with Gasteiger partial charge in [0.25, 0.3) is 0 Å². The van der Waals surface area contributed by atoms with E-state index in [-0.39, 0.29) is 6.10 Å². The molecule has 0 saturated carbocycles. The summed E-state index contributed by atoms with van der Waals surface area (Å²) in [5.41, 5.74) is 10.9. The number of hydrogen-bond acceptors (Lipinski definition) is 3. The van der Waals surface area contributed by atoms with Crippen LogP contribution >= 0.6 is 0 Å². The summed E-state index contributed by atoms with van der Waals surface area (Å²) in [6, 6.07) is 22.5. The first kappa shape index (κ1) is 16.4. The summed E-state index contributed by atoms with van der Waals surface area (Å²) in [6.45, 7) is 1.46. The molecule has 1 aromatic heterocycles. The molecule has 2 N–H and O–H groups in total. The van der Waals surface area contributed by atoms with E-state index in [1.807, 2.05) is 48.5 Å². The molecule has 26 heavy (non-hydrogen) atoms.